The van der Waals surface area contributed by atoms with Gasteiger partial charge in [-0.1, -0.05) is 36.5 Å². The zero-order valence-corrected chi connectivity index (χ0v) is 14.2. The SMILES string of the molecule is O=C1NC(=S)c2cnc(NCC(F)(F)F)nc2C12CCc1ccccc12. The highest BCUT2D eigenvalue weighted by atomic mass is 32.1. The molecule has 1 aromatic heterocycles. The predicted octanol–water partition coefficient (Wildman–Crippen LogP) is 2.49. The standard InChI is InChI=1S/C17H13F3N4OS/c18-17(19,20)8-22-15-21-7-10-12(23-15)16(14(25)24-13(10)26)6-5-9-3-1-2-4-11(9)16/h1-4,7H,5-6,8H2,(H,21,22,23)(H,24,25,26). The summed E-state index contributed by atoms with van der Waals surface area (Å²) in [5, 5.41) is 4.87. The summed E-state index contributed by atoms with van der Waals surface area (Å²) in [6, 6.07) is 7.51. The normalized spacial score (nSPS) is 21.3. The molecular formula is C17H13F3N4OS. The molecule has 9 heteroatoms. The first kappa shape index (κ1) is 16.9. The van der Waals surface area contributed by atoms with Crippen molar-refractivity contribution in [2.75, 3.05) is 11.9 Å². The molecular weight excluding hydrogens is 365 g/mol. The monoisotopic (exact) mass is 378 g/mol. The predicted molar refractivity (Wildman–Crippen MR) is 92.0 cm³/mol. The molecule has 1 spiro atoms. The van der Waals surface area contributed by atoms with E-state index in [4.69, 9.17) is 12.2 Å². The van der Waals surface area contributed by atoms with Crippen molar-refractivity contribution < 1.29 is 18.0 Å². The molecule has 2 aliphatic rings. The molecule has 5 nitrogen and oxygen atoms in total. The third-order valence-electron chi connectivity index (χ3n) is 4.75. The lowest BCUT2D eigenvalue weighted by Gasteiger charge is -2.34. The number of hydrogen-bond acceptors (Lipinski definition) is 5. The molecule has 1 aliphatic heterocycles. The number of nitrogens with zero attached hydrogens (tertiary/aromatic N) is 2. The van der Waals surface area contributed by atoms with Crippen LogP contribution in [-0.4, -0.2) is 33.6 Å². The van der Waals surface area contributed by atoms with Crippen LogP contribution < -0.4 is 10.6 Å². The van der Waals surface area contributed by atoms with Crippen molar-refractivity contribution in [3.05, 3.63) is 52.8 Å². The van der Waals surface area contributed by atoms with Crippen LogP contribution in [0.25, 0.3) is 0 Å². The second-order valence-corrected chi connectivity index (χ2v) is 6.68. The fraction of sp³-hybridized carbons (Fsp3) is 0.294. The lowest BCUT2D eigenvalue weighted by molar-refractivity contribution is -0.124. The molecule has 2 heterocycles. The Hall–Kier alpha value is -2.55. The summed E-state index contributed by atoms with van der Waals surface area (Å²) in [4.78, 5) is 21.3. The van der Waals surface area contributed by atoms with Gasteiger partial charge < -0.3 is 10.6 Å². The lowest BCUT2D eigenvalue weighted by atomic mass is 9.74. The van der Waals surface area contributed by atoms with Gasteiger partial charge in [0.1, 0.15) is 16.9 Å². The number of thiocarbonyl (C=S) groups is 1. The first-order valence-electron chi connectivity index (χ1n) is 7.93. The van der Waals surface area contributed by atoms with Gasteiger partial charge in [0.05, 0.1) is 11.3 Å². The number of benzene rings is 1. The van der Waals surface area contributed by atoms with Crippen molar-refractivity contribution in [1.82, 2.24) is 15.3 Å². The molecule has 0 radical (unpaired) electrons. The number of rotatable bonds is 2. The Kier molecular flexibility index (Phi) is 3.72. The molecule has 0 bridgehead atoms. The first-order valence-corrected chi connectivity index (χ1v) is 8.34. The van der Waals surface area contributed by atoms with Gasteiger partial charge in [0, 0.05) is 6.20 Å². The minimum Gasteiger partial charge on any atom is -0.345 e. The molecule has 0 fully saturated rings. The number of nitrogens with one attached hydrogen (secondary N) is 2. The molecule has 2 N–H and O–H groups in total. The van der Waals surface area contributed by atoms with Crippen LogP contribution in [0.4, 0.5) is 19.1 Å². The number of fused-ring (bicyclic) bond motifs is 4. The number of carbonyl (C=O) groups is 1. The number of amides is 1. The zero-order chi connectivity index (χ0) is 18.5. The molecule has 1 atom stereocenters. The highest BCUT2D eigenvalue weighted by Gasteiger charge is 2.52. The zero-order valence-electron chi connectivity index (χ0n) is 13.4. The molecule has 1 aromatic carbocycles. The molecule has 26 heavy (non-hydrogen) atoms. The second-order valence-electron chi connectivity index (χ2n) is 6.27. The number of aryl methyl sites for hydroxylation is 1. The van der Waals surface area contributed by atoms with Gasteiger partial charge in [-0.25, -0.2) is 9.97 Å². The minimum atomic E-state index is -4.40. The molecule has 1 aliphatic carbocycles. The van der Waals surface area contributed by atoms with Crippen LogP contribution in [0, 0.1) is 0 Å². The van der Waals surface area contributed by atoms with E-state index < -0.39 is 18.1 Å². The first-order chi connectivity index (χ1) is 12.3. The van der Waals surface area contributed by atoms with E-state index in [0.29, 0.717) is 24.1 Å². The number of aromatic nitrogens is 2. The van der Waals surface area contributed by atoms with Crippen LogP contribution in [0.5, 0.6) is 0 Å². The molecule has 0 saturated heterocycles. The maximum absolute atomic E-state index is 12.9. The van der Waals surface area contributed by atoms with E-state index in [0.717, 1.165) is 11.1 Å². The van der Waals surface area contributed by atoms with Crippen LogP contribution in [0.15, 0.2) is 30.5 Å². The Bertz CT molecular complexity index is 930. The molecule has 1 unspecified atom stereocenters. The fourth-order valence-corrected chi connectivity index (χ4v) is 3.86. The number of halogens is 3. The van der Waals surface area contributed by atoms with Gasteiger partial charge >= 0.3 is 6.18 Å². The molecule has 134 valence electrons. The Morgan fingerprint density at radius 2 is 2.08 bits per heavy atom. The minimum absolute atomic E-state index is 0.178. The van der Waals surface area contributed by atoms with Crippen LogP contribution in [0.3, 0.4) is 0 Å². The van der Waals surface area contributed by atoms with Gasteiger partial charge in [-0.3, -0.25) is 4.79 Å². The number of alkyl halides is 3. The van der Waals surface area contributed by atoms with Gasteiger partial charge in [-0.05, 0) is 24.0 Å². The summed E-state index contributed by atoms with van der Waals surface area (Å²) in [5.41, 5.74) is 1.59. The van der Waals surface area contributed by atoms with E-state index >= 15 is 0 Å². The van der Waals surface area contributed by atoms with Gasteiger partial charge in [0.15, 0.2) is 0 Å². The Morgan fingerprint density at radius 3 is 2.85 bits per heavy atom. The van der Waals surface area contributed by atoms with E-state index in [9.17, 15) is 18.0 Å². The van der Waals surface area contributed by atoms with Crippen LogP contribution in [-0.2, 0) is 16.6 Å². The van der Waals surface area contributed by atoms with Crippen LogP contribution in [0.2, 0.25) is 0 Å². The van der Waals surface area contributed by atoms with E-state index in [1.165, 1.54) is 6.20 Å². The second kappa shape index (κ2) is 5.73. The quantitative estimate of drug-likeness (QED) is 0.786. The van der Waals surface area contributed by atoms with E-state index in [-0.39, 0.29) is 16.8 Å². The number of anilines is 1. The summed E-state index contributed by atoms with van der Waals surface area (Å²) in [7, 11) is 0. The largest absolute Gasteiger partial charge is 0.405 e. The van der Waals surface area contributed by atoms with E-state index in [2.05, 4.69) is 20.6 Å². The summed E-state index contributed by atoms with van der Waals surface area (Å²) in [6.45, 7) is -1.26. The third-order valence-corrected chi connectivity index (χ3v) is 5.07. The smallest absolute Gasteiger partial charge is 0.345 e. The molecule has 1 amide bonds. The maximum atomic E-state index is 12.9. The van der Waals surface area contributed by atoms with Gasteiger partial charge in [0.25, 0.3) is 0 Å². The summed E-state index contributed by atoms with van der Waals surface area (Å²) >= 11 is 5.21. The maximum Gasteiger partial charge on any atom is 0.405 e. The number of hydrogen-bond donors (Lipinski definition) is 2. The van der Waals surface area contributed by atoms with E-state index in [1.54, 1.807) is 0 Å². The Labute approximate surface area is 152 Å². The highest BCUT2D eigenvalue weighted by molar-refractivity contribution is 7.80. The molecule has 2 aromatic rings. The van der Waals surface area contributed by atoms with Crippen molar-refractivity contribution in [3.63, 3.8) is 0 Å². The molecule has 0 saturated carbocycles. The van der Waals surface area contributed by atoms with Crippen LogP contribution >= 0.6 is 12.2 Å². The van der Waals surface area contributed by atoms with Crippen molar-refractivity contribution >= 4 is 29.1 Å². The van der Waals surface area contributed by atoms with Gasteiger partial charge in [-0.2, -0.15) is 13.2 Å². The van der Waals surface area contributed by atoms with Gasteiger partial charge in [-0.15, -0.1) is 0 Å². The van der Waals surface area contributed by atoms with Crippen LogP contribution in [0.1, 0.15) is 28.8 Å². The van der Waals surface area contributed by atoms with Gasteiger partial charge in [0.2, 0.25) is 11.9 Å². The van der Waals surface area contributed by atoms with E-state index in [1.807, 2.05) is 24.3 Å². The number of carbonyl (C=O) groups excluding carboxylic acids is 1. The summed E-state index contributed by atoms with van der Waals surface area (Å²) < 4.78 is 37.5. The highest BCUT2D eigenvalue weighted by Crippen LogP contribution is 2.46. The van der Waals surface area contributed by atoms with Crippen molar-refractivity contribution in [3.8, 4) is 0 Å². The average Bonchev–Trinajstić information content (AvgIpc) is 2.98. The Morgan fingerprint density at radius 1 is 1.31 bits per heavy atom. The van der Waals surface area contributed by atoms with Crippen molar-refractivity contribution in [2.24, 2.45) is 0 Å². The topological polar surface area (TPSA) is 66.9 Å². The van der Waals surface area contributed by atoms with Crippen molar-refractivity contribution in [1.29, 1.82) is 0 Å². The average molecular weight is 378 g/mol. The lowest BCUT2D eigenvalue weighted by Crippen LogP contribution is -2.52. The third kappa shape index (κ3) is 2.54. The summed E-state index contributed by atoms with van der Waals surface area (Å²) in [6.07, 6.45) is -1.89. The fourth-order valence-electron chi connectivity index (χ4n) is 3.62. The Balaban J connectivity index is 1.85. The molecule has 4 rings (SSSR count). The van der Waals surface area contributed by atoms with Crippen molar-refractivity contribution in [2.45, 2.75) is 24.4 Å². The summed E-state index contributed by atoms with van der Waals surface area (Å²) in [5.74, 6) is -0.484.